The molecule has 0 spiro atoms. The summed E-state index contributed by atoms with van der Waals surface area (Å²) in [4.78, 5) is 47.4. The number of rotatable bonds is 6. The first-order valence-electron chi connectivity index (χ1n) is 12.8. The molecule has 3 aromatic rings. The van der Waals surface area contributed by atoms with Crippen molar-refractivity contribution in [3.8, 4) is 0 Å². The minimum atomic E-state index is -0.875. The van der Waals surface area contributed by atoms with Crippen molar-refractivity contribution in [1.29, 1.82) is 0 Å². The number of thiazole rings is 1. The van der Waals surface area contributed by atoms with Crippen molar-refractivity contribution in [2.75, 3.05) is 44.7 Å². The predicted molar refractivity (Wildman–Crippen MR) is 150 cm³/mol. The number of ether oxygens (including phenoxy) is 1. The molecule has 2 aromatic carbocycles. The van der Waals surface area contributed by atoms with E-state index in [9.17, 15) is 24.1 Å². The second kappa shape index (κ2) is 11.1. The van der Waals surface area contributed by atoms with Crippen LogP contribution in [-0.2, 0) is 9.53 Å². The number of non-ortho nitro benzene ring substituents is 1. The number of benzene rings is 2. The molecule has 2 aliphatic rings. The molecule has 2 aliphatic heterocycles. The monoisotopic (exact) mass is 565 g/mol. The van der Waals surface area contributed by atoms with E-state index in [-0.39, 0.29) is 17.9 Å². The average molecular weight is 566 g/mol. The maximum Gasteiger partial charge on any atom is 0.338 e. The summed E-state index contributed by atoms with van der Waals surface area (Å²) in [5.74, 6) is -1.06. The number of halogens is 1. The standard InChI is InChI=1S/C28H28FN5O5S/c1-4-39-27(36)24-17(2)30-28-33(25(24)18-5-7-20(29)8-6-18)26(35)23(40-28)16-19-15-21(34(37)38)9-10-22(19)32-13-11-31(3)12-14-32/h5-10,15-16,25H,4,11-14H2,1-3H3/b23-16-. The number of carbonyl (C=O) groups excluding carboxylic acids is 1. The number of hydrogen-bond donors (Lipinski definition) is 0. The Kier molecular flexibility index (Phi) is 7.63. The molecular weight excluding hydrogens is 537 g/mol. The highest BCUT2D eigenvalue weighted by atomic mass is 32.1. The largest absolute Gasteiger partial charge is 0.463 e. The summed E-state index contributed by atoms with van der Waals surface area (Å²) >= 11 is 1.13. The van der Waals surface area contributed by atoms with E-state index in [1.807, 2.05) is 7.05 Å². The fraction of sp³-hybridized carbons (Fsp3) is 0.321. The molecule has 0 radical (unpaired) electrons. The van der Waals surface area contributed by atoms with Gasteiger partial charge in [0.05, 0.1) is 33.4 Å². The smallest absolute Gasteiger partial charge is 0.338 e. The molecule has 1 saturated heterocycles. The Morgan fingerprint density at radius 2 is 1.90 bits per heavy atom. The lowest BCUT2D eigenvalue weighted by molar-refractivity contribution is -0.384. The van der Waals surface area contributed by atoms with Gasteiger partial charge in [-0.15, -0.1) is 0 Å². The fourth-order valence-corrected chi connectivity index (χ4v) is 6.04. The number of piperazine rings is 1. The number of nitro groups is 1. The number of nitrogens with zero attached hydrogens (tertiary/aromatic N) is 5. The molecule has 1 atom stereocenters. The first-order valence-corrected chi connectivity index (χ1v) is 13.7. The summed E-state index contributed by atoms with van der Waals surface area (Å²) in [5.41, 5.74) is 1.96. The molecule has 12 heteroatoms. The Labute approximate surface area is 233 Å². The summed E-state index contributed by atoms with van der Waals surface area (Å²) in [7, 11) is 2.04. The molecule has 1 fully saturated rings. The number of fused-ring (bicyclic) bond motifs is 1. The van der Waals surface area contributed by atoms with Crippen LogP contribution in [0, 0.1) is 15.9 Å². The molecule has 5 rings (SSSR count). The van der Waals surface area contributed by atoms with E-state index < -0.39 is 28.3 Å². The molecule has 1 unspecified atom stereocenters. The van der Waals surface area contributed by atoms with Gasteiger partial charge in [0.2, 0.25) is 0 Å². The molecule has 0 amide bonds. The molecule has 0 bridgehead atoms. The van der Waals surface area contributed by atoms with E-state index in [4.69, 9.17) is 4.74 Å². The number of nitro benzene ring substituents is 1. The fourth-order valence-electron chi connectivity index (χ4n) is 5.00. The first kappa shape index (κ1) is 27.4. The van der Waals surface area contributed by atoms with Gasteiger partial charge in [-0.1, -0.05) is 23.5 Å². The number of allylic oxidation sites excluding steroid dienone is 1. The van der Waals surface area contributed by atoms with Crippen molar-refractivity contribution in [1.82, 2.24) is 9.47 Å². The maximum absolute atomic E-state index is 13.9. The number of likely N-dealkylation sites (N-methyl/N-ethyl adjacent to an activating group) is 1. The quantitative estimate of drug-likeness (QED) is 0.257. The third-order valence-corrected chi connectivity index (χ3v) is 8.04. The van der Waals surface area contributed by atoms with Gasteiger partial charge in [-0.25, -0.2) is 14.2 Å². The molecule has 0 N–H and O–H groups in total. The lowest BCUT2D eigenvalue weighted by Gasteiger charge is -2.34. The Balaban J connectivity index is 1.70. The molecule has 208 valence electrons. The number of anilines is 1. The summed E-state index contributed by atoms with van der Waals surface area (Å²) in [6, 6.07) is 9.39. The van der Waals surface area contributed by atoms with E-state index in [2.05, 4.69) is 14.8 Å². The van der Waals surface area contributed by atoms with Gasteiger partial charge in [-0.05, 0) is 50.7 Å². The lowest BCUT2D eigenvalue weighted by Crippen LogP contribution is -2.44. The van der Waals surface area contributed by atoms with Crippen LogP contribution >= 0.6 is 11.3 Å². The zero-order valence-corrected chi connectivity index (χ0v) is 23.1. The van der Waals surface area contributed by atoms with Gasteiger partial charge in [-0.3, -0.25) is 19.5 Å². The van der Waals surface area contributed by atoms with E-state index in [0.29, 0.717) is 26.2 Å². The van der Waals surface area contributed by atoms with Crippen LogP contribution < -0.4 is 19.8 Å². The van der Waals surface area contributed by atoms with Crippen LogP contribution in [-0.4, -0.2) is 60.2 Å². The zero-order chi connectivity index (χ0) is 28.6. The maximum atomic E-state index is 13.9. The van der Waals surface area contributed by atoms with Crippen molar-refractivity contribution < 1.29 is 18.8 Å². The minimum Gasteiger partial charge on any atom is -0.463 e. The van der Waals surface area contributed by atoms with E-state index in [1.165, 1.54) is 41.0 Å². The molecule has 0 saturated carbocycles. The van der Waals surface area contributed by atoms with Crippen LogP contribution in [0.1, 0.15) is 31.0 Å². The van der Waals surface area contributed by atoms with Crippen molar-refractivity contribution in [3.05, 3.63) is 100 Å². The van der Waals surface area contributed by atoms with Gasteiger partial charge >= 0.3 is 5.97 Å². The SMILES string of the molecule is CCOC(=O)C1=C(C)N=c2s/c(=C\c3cc([N+](=O)[O-])ccc3N3CCN(C)CC3)c(=O)n2C1c1ccc(F)cc1. The Hall–Kier alpha value is -4.16. The van der Waals surface area contributed by atoms with Gasteiger partial charge < -0.3 is 14.5 Å². The Morgan fingerprint density at radius 3 is 2.55 bits per heavy atom. The topological polar surface area (TPSA) is 110 Å². The highest BCUT2D eigenvalue weighted by molar-refractivity contribution is 7.07. The third-order valence-electron chi connectivity index (χ3n) is 7.06. The van der Waals surface area contributed by atoms with Crippen molar-refractivity contribution in [3.63, 3.8) is 0 Å². The summed E-state index contributed by atoms with van der Waals surface area (Å²) in [5, 5.41) is 11.6. The average Bonchev–Trinajstić information content (AvgIpc) is 3.23. The zero-order valence-electron chi connectivity index (χ0n) is 22.3. The van der Waals surface area contributed by atoms with Crippen molar-refractivity contribution >= 4 is 34.8 Å². The van der Waals surface area contributed by atoms with Gasteiger partial charge in [0, 0.05) is 49.6 Å². The molecule has 10 nitrogen and oxygen atoms in total. The number of carbonyl (C=O) groups is 1. The number of hydrogen-bond acceptors (Lipinski definition) is 9. The summed E-state index contributed by atoms with van der Waals surface area (Å²) in [6.07, 6.45) is 1.65. The predicted octanol–water partition coefficient (Wildman–Crippen LogP) is 2.60. The Morgan fingerprint density at radius 1 is 1.20 bits per heavy atom. The lowest BCUT2D eigenvalue weighted by atomic mass is 9.96. The van der Waals surface area contributed by atoms with Crippen molar-refractivity contribution in [2.24, 2.45) is 4.99 Å². The van der Waals surface area contributed by atoms with Crippen LogP contribution in [0.5, 0.6) is 0 Å². The van der Waals surface area contributed by atoms with E-state index in [1.54, 1.807) is 26.0 Å². The van der Waals surface area contributed by atoms with Gasteiger partial charge in [0.25, 0.3) is 11.2 Å². The van der Waals surface area contributed by atoms with Crippen LogP contribution in [0.3, 0.4) is 0 Å². The van der Waals surface area contributed by atoms with Crippen molar-refractivity contribution in [2.45, 2.75) is 19.9 Å². The van der Waals surface area contributed by atoms with Gasteiger partial charge in [-0.2, -0.15) is 0 Å². The number of aromatic nitrogens is 1. The Bertz CT molecular complexity index is 1690. The summed E-state index contributed by atoms with van der Waals surface area (Å²) < 4.78 is 20.8. The molecule has 1 aromatic heterocycles. The van der Waals surface area contributed by atoms with E-state index >= 15 is 0 Å². The van der Waals surface area contributed by atoms with Crippen LogP contribution in [0.4, 0.5) is 15.8 Å². The highest BCUT2D eigenvalue weighted by Gasteiger charge is 2.33. The van der Waals surface area contributed by atoms with Gasteiger partial charge in [0.1, 0.15) is 5.82 Å². The van der Waals surface area contributed by atoms with Crippen LogP contribution in [0.2, 0.25) is 0 Å². The van der Waals surface area contributed by atoms with Gasteiger partial charge in [0.15, 0.2) is 4.80 Å². The molecule has 3 heterocycles. The number of esters is 1. The molecular formula is C28H28FN5O5S. The van der Waals surface area contributed by atoms with Crippen LogP contribution in [0.25, 0.3) is 6.08 Å². The van der Waals surface area contributed by atoms with E-state index in [0.717, 1.165) is 43.2 Å². The normalized spacial score (nSPS) is 17.9. The summed E-state index contributed by atoms with van der Waals surface area (Å²) in [6.45, 7) is 6.65. The molecule has 40 heavy (non-hydrogen) atoms. The second-order valence-electron chi connectivity index (χ2n) is 9.64. The highest BCUT2D eigenvalue weighted by Crippen LogP contribution is 2.31. The second-order valence-corrected chi connectivity index (χ2v) is 10.7. The van der Waals surface area contributed by atoms with Crippen LogP contribution in [0.15, 0.2) is 63.5 Å². The third kappa shape index (κ3) is 5.19. The molecule has 0 aliphatic carbocycles. The minimum absolute atomic E-state index is 0.0819. The first-order chi connectivity index (χ1) is 19.2.